The molecule has 5 nitrogen and oxygen atoms in total. The molecule has 0 aromatic rings. The summed E-state index contributed by atoms with van der Waals surface area (Å²) in [5, 5.41) is 13.2. The Labute approximate surface area is 103 Å². The van der Waals surface area contributed by atoms with Crippen LogP contribution < -0.4 is 5.32 Å². The molecule has 0 amide bonds. The van der Waals surface area contributed by atoms with Crippen molar-refractivity contribution < 1.29 is 13.5 Å². The van der Waals surface area contributed by atoms with Crippen LogP contribution in [-0.2, 0) is 9.84 Å². The molecule has 0 aromatic carbocycles. The lowest BCUT2D eigenvalue weighted by Gasteiger charge is -2.34. The van der Waals surface area contributed by atoms with Gasteiger partial charge < -0.3 is 10.4 Å². The highest BCUT2D eigenvalue weighted by atomic mass is 32.2. The van der Waals surface area contributed by atoms with Crippen molar-refractivity contribution in [1.82, 2.24) is 10.2 Å². The monoisotopic (exact) mass is 262 g/mol. The van der Waals surface area contributed by atoms with E-state index < -0.39 is 15.9 Å². The van der Waals surface area contributed by atoms with E-state index in [-0.39, 0.29) is 17.5 Å². The molecule has 17 heavy (non-hydrogen) atoms. The Balaban J connectivity index is 2.10. The van der Waals surface area contributed by atoms with Gasteiger partial charge in [-0.25, -0.2) is 8.42 Å². The zero-order valence-electron chi connectivity index (χ0n) is 10.3. The fourth-order valence-electron chi connectivity index (χ4n) is 2.93. The molecule has 3 unspecified atom stereocenters. The van der Waals surface area contributed by atoms with Crippen molar-refractivity contribution in [3.8, 4) is 0 Å². The summed E-state index contributed by atoms with van der Waals surface area (Å²) in [6, 6.07) is 0.174. The Morgan fingerprint density at radius 1 is 1.41 bits per heavy atom. The quantitative estimate of drug-likeness (QED) is 0.695. The summed E-state index contributed by atoms with van der Waals surface area (Å²) < 4.78 is 23.1. The molecule has 2 aliphatic heterocycles. The summed E-state index contributed by atoms with van der Waals surface area (Å²) in [6.07, 6.45) is 1.32. The normalized spacial score (nSPS) is 36.8. The van der Waals surface area contributed by atoms with E-state index in [0.717, 1.165) is 32.5 Å². The van der Waals surface area contributed by atoms with E-state index in [1.807, 2.05) is 0 Å². The highest BCUT2D eigenvalue weighted by Crippen LogP contribution is 2.23. The maximum atomic E-state index is 11.6. The summed E-state index contributed by atoms with van der Waals surface area (Å²) in [6.45, 7) is 4.85. The summed E-state index contributed by atoms with van der Waals surface area (Å²) >= 11 is 0. The van der Waals surface area contributed by atoms with Gasteiger partial charge in [-0.1, -0.05) is 6.92 Å². The van der Waals surface area contributed by atoms with Crippen LogP contribution in [0.15, 0.2) is 0 Å². The number of aliphatic hydroxyl groups excluding tert-OH is 1. The van der Waals surface area contributed by atoms with E-state index in [0.29, 0.717) is 6.04 Å². The molecule has 0 bridgehead atoms. The van der Waals surface area contributed by atoms with Crippen LogP contribution in [-0.4, -0.2) is 67.8 Å². The van der Waals surface area contributed by atoms with E-state index in [4.69, 9.17) is 0 Å². The number of nitrogens with zero attached hydrogens (tertiary/aromatic N) is 1. The van der Waals surface area contributed by atoms with Gasteiger partial charge in [-0.15, -0.1) is 0 Å². The van der Waals surface area contributed by atoms with Crippen molar-refractivity contribution >= 4 is 9.84 Å². The van der Waals surface area contributed by atoms with Crippen LogP contribution in [0.4, 0.5) is 0 Å². The minimum atomic E-state index is -3.05. The number of sulfone groups is 1. The predicted molar refractivity (Wildman–Crippen MR) is 66.7 cm³/mol. The number of aliphatic hydroxyl groups is 1. The SMILES string of the molecule is CCCN(C1CCNC1)C1CS(=O)(=O)CC1O. The van der Waals surface area contributed by atoms with Gasteiger partial charge in [-0.3, -0.25) is 4.90 Å². The smallest absolute Gasteiger partial charge is 0.154 e. The van der Waals surface area contributed by atoms with Crippen LogP contribution in [0.5, 0.6) is 0 Å². The average Bonchev–Trinajstić information content (AvgIpc) is 2.83. The van der Waals surface area contributed by atoms with Crippen LogP contribution >= 0.6 is 0 Å². The van der Waals surface area contributed by atoms with Crippen LogP contribution in [0.25, 0.3) is 0 Å². The van der Waals surface area contributed by atoms with Gasteiger partial charge in [0.25, 0.3) is 0 Å². The summed E-state index contributed by atoms with van der Waals surface area (Å²) in [7, 11) is -3.05. The van der Waals surface area contributed by atoms with E-state index in [9.17, 15) is 13.5 Å². The van der Waals surface area contributed by atoms with Crippen molar-refractivity contribution in [1.29, 1.82) is 0 Å². The lowest BCUT2D eigenvalue weighted by atomic mass is 10.1. The Morgan fingerprint density at radius 3 is 2.65 bits per heavy atom. The highest BCUT2D eigenvalue weighted by molar-refractivity contribution is 7.91. The molecule has 2 saturated heterocycles. The maximum Gasteiger partial charge on any atom is 0.154 e. The molecular weight excluding hydrogens is 240 g/mol. The first-order valence-corrected chi connectivity index (χ1v) is 8.20. The molecule has 0 radical (unpaired) electrons. The first-order valence-electron chi connectivity index (χ1n) is 6.38. The van der Waals surface area contributed by atoms with Crippen molar-refractivity contribution in [2.45, 2.75) is 38.0 Å². The molecule has 6 heteroatoms. The predicted octanol–water partition coefficient (Wildman–Crippen LogP) is -0.782. The Hall–Kier alpha value is -0.170. The molecule has 100 valence electrons. The second-order valence-electron chi connectivity index (χ2n) is 5.10. The third-order valence-corrected chi connectivity index (χ3v) is 5.40. The van der Waals surface area contributed by atoms with Crippen molar-refractivity contribution in [2.75, 3.05) is 31.1 Å². The van der Waals surface area contributed by atoms with Crippen molar-refractivity contribution in [3.63, 3.8) is 0 Å². The minimum absolute atomic E-state index is 0.0714. The Kier molecular flexibility index (Phi) is 4.07. The molecular formula is C11H22N2O3S. The first kappa shape index (κ1) is 13.3. The standard InChI is InChI=1S/C11H22N2O3S/c1-2-5-13(9-3-4-12-6-9)10-7-17(15,16)8-11(10)14/h9-12,14H,2-8H2,1H3. The lowest BCUT2D eigenvalue weighted by Crippen LogP contribution is -2.50. The second-order valence-corrected chi connectivity index (χ2v) is 7.25. The number of nitrogens with one attached hydrogen (secondary N) is 1. The molecule has 2 heterocycles. The molecule has 2 N–H and O–H groups in total. The first-order chi connectivity index (χ1) is 8.03. The molecule has 3 atom stereocenters. The van der Waals surface area contributed by atoms with Gasteiger partial charge in [0.15, 0.2) is 9.84 Å². The summed E-state index contributed by atoms with van der Waals surface area (Å²) in [4.78, 5) is 2.20. The third kappa shape index (κ3) is 2.99. The highest BCUT2D eigenvalue weighted by Gasteiger charge is 2.42. The van der Waals surface area contributed by atoms with E-state index in [1.165, 1.54) is 0 Å². The lowest BCUT2D eigenvalue weighted by molar-refractivity contribution is 0.0587. The van der Waals surface area contributed by atoms with Crippen LogP contribution in [0.1, 0.15) is 19.8 Å². The summed E-state index contributed by atoms with van der Waals surface area (Å²) in [5.74, 6) is 0.0443. The van der Waals surface area contributed by atoms with Crippen molar-refractivity contribution in [3.05, 3.63) is 0 Å². The third-order valence-electron chi connectivity index (χ3n) is 3.70. The molecule has 2 rings (SSSR count). The minimum Gasteiger partial charge on any atom is -0.390 e. The molecule has 2 fully saturated rings. The Bertz CT molecular complexity index is 352. The number of rotatable bonds is 4. The molecule has 0 saturated carbocycles. The van der Waals surface area contributed by atoms with E-state index >= 15 is 0 Å². The number of hydrogen-bond donors (Lipinski definition) is 2. The molecule has 2 aliphatic rings. The Morgan fingerprint density at radius 2 is 2.18 bits per heavy atom. The second kappa shape index (κ2) is 5.22. The van der Waals surface area contributed by atoms with Gasteiger partial charge in [0.1, 0.15) is 0 Å². The molecule has 0 spiro atoms. The van der Waals surface area contributed by atoms with E-state index in [1.54, 1.807) is 0 Å². The maximum absolute atomic E-state index is 11.6. The van der Waals surface area contributed by atoms with Gasteiger partial charge in [0.2, 0.25) is 0 Å². The summed E-state index contributed by atoms with van der Waals surface area (Å²) in [5.41, 5.74) is 0. The van der Waals surface area contributed by atoms with E-state index in [2.05, 4.69) is 17.1 Å². The van der Waals surface area contributed by atoms with Crippen LogP contribution in [0, 0.1) is 0 Å². The van der Waals surface area contributed by atoms with Gasteiger partial charge in [0, 0.05) is 12.6 Å². The van der Waals surface area contributed by atoms with Gasteiger partial charge in [0.05, 0.1) is 23.7 Å². The van der Waals surface area contributed by atoms with Crippen LogP contribution in [0.2, 0.25) is 0 Å². The van der Waals surface area contributed by atoms with Gasteiger partial charge >= 0.3 is 0 Å². The van der Waals surface area contributed by atoms with Crippen LogP contribution in [0.3, 0.4) is 0 Å². The fraction of sp³-hybridized carbons (Fsp3) is 1.00. The molecule has 0 aliphatic carbocycles. The number of hydrogen-bond acceptors (Lipinski definition) is 5. The zero-order chi connectivity index (χ0) is 12.5. The molecule has 0 aromatic heterocycles. The fourth-order valence-corrected chi connectivity index (χ4v) is 4.74. The largest absolute Gasteiger partial charge is 0.390 e. The van der Waals surface area contributed by atoms with Gasteiger partial charge in [-0.05, 0) is 25.9 Å². The topological polar surface area (TPSA) is 69.6 Å². The van der Waals surface area contributed by atoms with Crippen molar-refractivity contribution in [2.24, 2.45) is 0 Å². The average molecular weight is 262 g/mol. The zero-order valence-corrected chi connectivity index (χ0v) is 11.1. The van der Waals surface area contributed by atoms with Gasteiger partial charge in [-0.2, -0.15) is 0 Å².